The van der Waals surface area contributed by atoms with E-state index in [1.54, 1.807) is 17.1 Å². The zero-order valence-electron chi connectivity index (χ0n) is 15.8. The Hall–Kier alpha value is -2.45. The van der Waals surface area contributed by atoms with Crippen LogP contribution in [-0.2, 0) is 15.5 Å². The van der Waals surface area contributed by atoms with Gasteiger partial charge in [0.25, 0.3) is 0 Å². The van der Waals surface area contributed by atoms with Crippen LogP contribution in [0, 0.1) is 23.4 Å². The fourth-order valence-corrected chi connectivity index (χ4v) is 5.61. The molecule has 2 aliphatic rings. The second kappa shape index (κ2) is 7.67. The van der Waals surface area contributed by atoms with E-state index in [1.807, 2.05) is 0 Å². The molecule has 0 amide bonds. The summed E-state index contributed by atoms with van der Waals surface area (Å²) in [6.07, 6.45) is 5.94. The van der Waals surface area contributed by atoms with Crippen molar-refractivity contribution >= 4 is 9.84 Å². The molecule has 2 aromatic rings. The lowest BCUT2D eigenvalue weighted by Crippen LogP contribution is -2.59. The average molecular weight is 437 g/mol. The molecule has 2 atom stereocenters. The van der Waals surface area contributed by atoms with E-state index in [9.17, 15) is 21.6 Å². The standard InChI is InChI=1S/C22H19F4NO2S/c23-16-4-7-18(8-5-16)30(28,29)14-15-12-27(13-15)21-3-1-2-10-22(21,26)19-9-6-17(24)11-20(19)25/h1-11,15,21H,12-14H2. The van der Waals surface area contributed by atoms with E-state index in [-0.39, 0.29) is 22.1 Å². The molecule has 0 N–H and O–H groups in total. The fraction of sp³-hybridized carbons (Fsp3) is 0.273. The maximum absolute atomic E-state index is 15.9. The zero-order chi connectivity index (χ0) is 21.5. The molecular weight excluding hydrogens is 418 g/mol. The molecule has 0 aromatic heterocycles. The quantitative estimate of drug-likeness (QED) is 0.521. The number of allylic oxidation sites excluding steroid dienone is 2. The van der Waals surface area contributed by atoms with Crippen LogP contribution < -0.4 is 0 Å². The van der Waals surface area contributed by atoms with Crippen molar-refractivity contribution in [3.63, 3.8) is 0 Å². The van der Waals surface area contributed by atoms with Gasteiger partial charge in [0.2, 0.25) is 0 Å². The minimum Gasteiger partial charge on any atom is -0.293 e. The van der Waals surface area contributed by atoms with E-state index < -0.39 is 39.0 Å². The summed E-state index contributed by atoms with van der Waals surface area (Å²) in [6.45, 7) is 0.607. The summed E-state index contributed by atoms with van der Waals surface area (Å²) in [6, 6.07) is 6.54. The lowest BCUT2D eigenvalue weighted by molar-refractivity contribution is 0.00986. The SMILES string of the molecule is O=S(=O)(CC1CN(C2C=CC=CC2(F)c2ccc(F)cc2F)C1)c1ccc(F)cc1. The first-order valence-corrected chi connectivity index (χ1v) is 11.1. The number of likely N-dealkylation sites (tertiary alicyclic amines) is 1. The van der Waals surface area contributed by atoms with Crippen molar-refractivity contribution in [1.29, 1.82) is 0 Å². The number of rotatable bonds is 5. The predicted octanol–water partition coefficient (Wildman–Crippen LogP) is 4.17. The monoisotopic (exact) mass is 437 g/mol. The molecule has 0 radical (unpaired) electrons. The largest absolute Gasteiger partial charge is 0.293 e. The Labute approximate surface area is 172 Å². The van der Waals surface area contributed by atoms with E-state index in [0.717, 1.165) is 24.3 Å². The molecule has 1 saturated heterocycles. The minimum absolute atomic E-state index is 0.0380. The number of benzene rings is 2. The lowest BCUT2D eigenvalue weighted by Gasteiger charge is -2.48. The highest BCUT2D eigenvalue weighted by molar-refractivity contribution is 7.91. The number of hydrogen-bond acceptors (Lipinski definition) is 3. The molecule has 0 bridgehead atoms. The normalized spacial score (nSPS) is 24.7. The van der Waals surface area contributed by atoms with Gasteiger partial charge in [0.15, 0.2) is 15.5 Å². The van der Waals surface area contributed by atoms with E-state index in [1.165, 1.54) is 24.3 Å². The third-order valence-corrected chi connectivity index (χ3v) is 7.42. The van der Waals surface area contributed by atoms with Gasteiger partial charge in [0, 0.05) is 24.7 Å². The van der Waals surface area contributed by atoms with Crippen molar-refractivity contribution in [3.8, 4) is 0 Å². The maximum Gasteiger partial charge on any atom is 0.178 e. The van der Waals surface area contributed by atoms with Crippen LogP contribution in [-0.4, -0.2) is 38.2 Å². The third kappa shape index (κ3) is 3.81. The zero-order valence-corrected chi connectivity index (χ0v) is 16.6. The highest BCUT2D eigenvalue weighted by Gasteiger charge is 2.47. The van der Waals surface area contributed by atoms with Gasteiger partial charge in [-0.3, -0.25) is 4.90 Å². The minimum atomic E-state index is -3.60. The Bertz CT molecular complexity index is 1110. The highest BCUT2D eigenvalue weighted by atomic mass is 32.2. The Morgan fingerprint density at radius 3 is 2.30 bits per heavy atom. The van der Waals surface area contributed by atoms with E-state index >= 15 is 4.39 Å². The second-order valence-electron chi connectivity index (χ2n) is 7.64. The first-order valence-electron chi connectivity index (χ1n) is 9.42. The molecule has 2 aromatic carbocycles. The summed E-state index contributed by atoms with van der Waals surface area (Å²) < 4.78 is 81.6. The van der Waals surface area contributed by atoms with Crippen molar-refractivity contribution in [2.75, 3.05) is 18.8 Å². The van der Waals surface area contributed by atoms with Gasteiger partial charge in [0.1, 0.15) is 17.5 Å². The van der Waals surface area contributed by atoms with Crippen molar-refractivity contribution in [1.82, 2.24) is 4.90 Å². The van der Waals surface area contributed by atoms with Gasteiger partial charge in [-0.05, 0) is 48.4 Å². The van der Waals surface area contributed by atoms with Crippen molar-refractivity contribution < 1.29 is 26.0 Å². The van der Waals surface area contributed by atoms with Crippen LogP contribution in [0.4, 0.5) is 17.6 Å². The summed E-state index contributed by atoms with van der Waals surface area (Å²) in [5.41, 5.74) is -2.47. The van der Waals surface area contributed by atoms with Crippen LogP contribution >= 0.6 is 0 Å². The summed E-state index contributed by atoms with van der Waals surface area (Å²) >= 11 is 0. The van der Waals surface area contributed by atoms with Gasteiger partial charge in [-0.15, -0.1) is 0 Å². The molecule has 1 heterocycles. The first-order chi connectivity index (χ1) is 14.2. The summed E-state index contributed by atoms with van der Waals surface area (Å²) in [7, 11) is -3.60. The van der Waals surface area contributed by atoms with Crippen LogP contribution in [0.3, 0.4) is 0 Å². The molecule has 2 unspecified atom stereocenters. The molecule has 0 saturated carbocycles. The summed E-state index contributed by atoms with van der Waals surface area (Å²) in [4.78, 5) is 1.77. The predicted molar refractivity (Wildman–Crippen MR) is 105 cm³/mol. The molecule has 1 aliphatic heterocycles. The Morgan fingerprint density at radius 1 is 0.967 bits per heavy atom. The van der Waals surface area contributed by atoms with Crippen LogP contribution in [0.1, 0.15) is 5.56 Å². The topological polar surface area (TPSA) is 37.4 Å². The van der Waals surface area contributed by atoms with Gasteiger partial charge in [-0.2, -0.15) is 0 Å². The third-order valence-electron chi connectivity index (χ3n) is 5.52. The summed E-state index contributed by atoms with van der Waals surface area (Å²) in [5, 5.41) is 0. The number of nitrogens with zero attached hydrogens (tertiary/aromatic N) is 1. The van der Waals surface area contributed by atoms with Crippen LogP contribution in [0.5, 0.6) is 0 Å². The Morgan fingerprint density at radius 2 is 1.63 bits per heavy atom. The molecule has 1 aliphatic carbocycles. The highest BCUT2D eigenvalue weighted by Crippen LogP contribution is 2.41. The molecule has 8 heteroatoms. The second-order valence-corrected chi connectivity index (χ2v) is 9.67. The molecule has 158 valence electrons. The molecule has 0 spiro atoms. The van der Waals surface area contributed by atoms with Crippen LogP contribution in [0.15, 0.2) is 71.7 Å². The van der Waals surface area contributed by atoms with Gasteiger partial charge < -0.3 is 0 Å². The molecule has 3 nitrogen and oxygen atoms in total. The van der Waals surface area contributed by atoms with Gasteiger partial charge in [-0.25, -0.2) is 26.0 Å². The van der Waals surface area contributed by atoms with E-state index in [0.29, 0.717) is 19.2 Å². The number of alkyl halides is 1. The van der Waals surface area contributed by atoms with Gasteiger partial charge in [-0.1, -0.05) is 18.2 Å². The Kier molecular flexibility index (Phi) is 5.32. The molecular formula is C22H19F4NO2S. The van der Waals surface area contributed by atoms with E-state index in [2.05, 4.69) is 0 Å². The first kappa shape index (κ1) is 20.8. The Balaban J connectivity index is 1.48. The van der Waals surface area contributed by atoms with Crippen molar-refractivity contribution in [2.45, 2.75) is 16.6 Å². The maximum atomic E-state index is 15.9. The fourth-order valence-electron chi connectivity index (χ4n) is 4.03. The van der Waals surface area contributed by atoms with Crippen LogP contribution in [0.25, 0.3) is 0 Å². The average Bonchev–Trinajstić information content (AvgIpc) is 2.65. The van der Waals surface area contributed by atoms with Gasteiger partial charge in [0.05, 0.1) is 16.7 Å². The molecule has 4 rings (SSSR count). The molecule has 1 fully saturated rings. The van der Waals surface area contributed by atoms with E-state index in [4.69, 9.17) is 0 Å². The number of sulfone groups is 1. The lowest BCUT2D eigenvalue weighted by atomic mass is 9.81. The molecule has 30 heavy (non-hydrogen) atoms. The smallest absolute Gasteiger partial charge is 0.178 e. The summed E-state index contributed by atoms with van der Waals surface area (Å²) in [5.74, 6) is -2.67. The van der Waals surface area contributed by atoms with Crippen molar-refractivity contribution in [3.05, 3.63) is 89.8 Å². The van der Waals surface area contributed by atoms with Gasteiger partial charge >= 0.3 is 0 Å². The van der Waals surface area contributed by atoms with Crippen LogP contribution in [0.2, 0.25) is 0 Å². The number of halogens is 4. The number of hydrogen-bond donors (Lipinski definition) is 0. The van der Waals surface area contributed by atoms with Crippen molar-refractivity contribution in [2.24, 2.45) is 5.92 Å².